The molecule has 4 saturated heterocycles. The number of H-pyrrole nitrogens is 4. The van der Waals surface area contributed by atoms with E-state index >= 15 is 8.78 Å². The Hall–Kier alpha value is -4.77. The summed E-state index contributed by atoms with van der Waals surface area (Å²) in [5, 5.41) is 55.6. The molecule has 10 N–H and O–H groups in total. The van der Waals surface area contributed by atoms with Crippen LogP contribution in [0.3, 0.4) is 0 Å². The van der Waals surface area contributed by atoms with Crippen LogP contribution in [0, 0.1) is 21.1 Å². The van der Waals surface area contributed by atoms with E-state index in [0.29, 0.717) is 9.21 Å². The number of ether oxygens (including phenoxy) is 4. The summed E-state index contributed by atoms with van der Waals surface area (Å²) in [5.74, 6) is -10.4. The molecule has 0 unspecified atom stereocenters. The monoisotopic (exact) mass is 1300 g/mol. The molecule has 0 radical (unpaired) electrons. The van der Waals surface area contributed by atoms with Crippen LogP contribution < -0.4 is 33.9 Å². The quantitative estimate of drug-likeness (QED) is 0.0545. The van der Waals surface area contributed by atoms with Crippen LogP contribution in [0.5, 0.6) is 0 Å². The van der Waals surface area contributed by atoms with Crippen LogP contribution in [0.1, 0.15) is 107 Å². The third kappa shape index (κ3) is 15.1. The summed E-state index contributed by atoms with van der Waals surface area (Å²) in [6, 6.07) is 5.14. The molecular formula is C52H80F4N8O18S2Si2. The van der Waals surface area contributed by atoms with Gasteiger partial charge in [0.15, 0.2) is 41.5 Å². The Bertz CT molecular complexity index is 3280. The predicted octanol–water partition coefficient (Wildman–Crippen LogP) is 3.96. The number of aromatic nitrogens is 8. The van der Waals surface area contributed by atoms with Gasteiger partial charge in [-0.2, -0.15) is 0 Å². The SMILES string of the molecule is CC[C@@]1(F)O[C@@H](n2ccc(=O)[nH]c2=O)[C@H](O[Si](C)(C)C(C)(C)C)[C@@H]1C.CC[C@@]1(F)O[C@@H](n2ccc(=S)[nH]c2=O)[C@H](O[Si](C)(C)C(C)(C)C)[C@@H]1C.O=c1[nH]c(=S)ccn1[C@@H]1O[C@](F)(CO)[C@@H](O)[C@H]1O.O=c1ccn([C@@H]2O[C@](F)(CO)[C@@H](O)[C@H]2O)c(=O)[nH]1. The molecule has 86 heavy (non-hydrogen) atoms. The van der Waals surface area contributed by atoms with Gasteiger partial charge in [0.05, 0.1) is 12.2 Å². The van der Waals surface area contributed by atoms with E-state index < -0.39 is 161 Å². The molecule has 4 aliphatic heterocycles. The average Bonchev–Trinajstić information content (AvgIpc) is 1.70. The topological polar surface area (TPSA) is 362 Å². The molecule has 0 aliphatic carbocycles. The lowest BCUT2D eigenvalue weighted by atomic mass is 9.96. The Labute approximate surface area is 502 Å². The highest BCUT2D eigenvalue weighted by atomic mass is 32.1. The zero-order valence-electron chi connectivity index (χ0n) is 50.1. The van der Waals surface area contributed by atoms with Gasteiger partial charge in [-0.3, -0.25) is 47.8 Å². The molecule has 0 aromatic carbocycles. The maximum atomic E-state index is 15.3. The van der Waals surface area contributed by atoms with Gasteiger partial charge in [-0.05, 0) is 48.4 Å². The van der Waals surface area contributed by atoms with E-state index in [1.165, 1.54) is 33.7 Å². The first-order chi connectivity index (χ1) is 39.4. The van der Waals surface area contributed by atoms with Crippen molar-refractivity contribution in [3.05, 3.63) is 121 Å². The summed E-state index contributed by atoms with van der Waals surface area (Å²) in [6.07, 6.45) is -7.89. The van der Waals surface area contributed by atoms with Crippen LogP contribution in [0.2, 0.25) is 36.3 Å². The molecule has 0 bridgehead atoms. The normalized spacial score (nSPS) is 32.8. The van der Waals surface area contributed by atoms with Gasteiger partial charge >= 0.3 is 22.8 Å². The standard InChI is InChI=1S/C17H29FN2O4Si.C17H29FN2O3SSi.C9H11FN2O6.C9H11FN2O5S/c1-8-17(18)11(2)13(24-25(6,7)16(3,4)5)14(23-17)20-10-9-12(21)19-15(20)22;1-8-17(18)11(2)13(23-25(6,7)16(3,4)5)14(22-17)20-10-9-12(24)19-15(20)21;10-9(3-13)6(16)5(15)7(18-9)12-2-1-4(14)11-8(12)17;10-9(3-13)6(15)5(14)7(17-9)12-2-1-4(18)11-8(12)16/h9-11,13-14H,8H2,1-7H3,(H,19,21,22);9-11,13-14H,8H2,1-7H3,(H,19,21,24);1-2,5-7,13,15-16H,3H2,(H,11,14,17);1-2,5-7,13-15H,3H2,(H,11,16,18)/t2*11-,13+,14+,17+;2*5-,6+,7-,9-/m0011/s1. The van der Waals surface area contributed by atoms with E-state index in [9.17, 15) is 58.0 Å². The Morgan fingerprint density at radius 2 is 0.779 bits per heavy atom. The highest BCUT2D eigenvalue weighted by molar-refractivity contribution is 7.71. The Morgan fingerprint density at radius 3 is 1.02 bits per heavy atom. The van der Waals surface area contributed by atoms with E-state index in [4.69, 9.17) is 57.7 Å². The van der Waals surface area contributed by atoms with Crippen LogP contribution >= 0.6 is 24.4 Å². The molecule has 4 aliphatic rings. The minimum absolute atomic E-state index is 0.0351. The van der Waals surface area contributed by atoms with Crippen molar-refractivity contribution in [1.82, 2.24) is 38.2 Å². The fraction of sp³-hybridized carbons (Fsp3) is 0.692. The molecule has 16 atom stereocenters. The fourth-order valence-electron chi connectivity index (χ4n) is 9.05. The van der Waals surface area contributed by atoms with Gasteiger partial charge in [0.1, 0.15) is 46.9 Å². The largest absolute Gasteiger partial charge is 0.409 e. The van der Waals surface area contributed by atoms with Gasteiger partial charge in [0.25, 0.3) is 22.8 Å². The van der Waals surface area contributed by atoms with Gasteiger partial charge in [0, 0.05) is 61.6 Å². The molecule has 26 nitrogen and oxygen atoms in total. The van der Waals surface area contributed by atoms with Gasteiger partial charge in [-0.1, -0.05) is 93.7 Å². The molecule has 0 spiro atoms. The number of nitrogens with one attached hydrogen (secondary N) is 4. The second-order valence-electron chi connectivity index (χ2n) is 24.4. The van der Waals surface area contributed by atoms with Crippen molar-refractivity contribution in [1.29, 1.82) is 0 Å². The van der Waals surface area contributed by atoms with E-state index in [1.807, 2.05) is 4.98 Å². The number of halogens is 4. The minimum Gasteiger partial charge on any atom is -0.409 e. The summed E-state index contributed by atoms with van der Waals surface area (Å²) in [4.78, 5) is 78.6. The summed E-state index contributed by atoms with van der Waals surface area (Å²) >= 11 is 9.70. The second-order valence-corrected chi connectivity index (χ2v) is 34.8. The molecule has 4 fully saturated rings. The number of aromatic amines is 4. The Morgan fingerprint density at radius 1 is 0.512 bits per heavy atom. The number of aliphatic hydroxyl groups excluding tert-OH is 6. The molecule has 4 aromatic rings. The van der Waals surface area contributed by atoms with Gasteiger partial charge < -0.3 is 58.4 Å². The van der Waals surface area contributed by atoms with Crippen LogP contribution in [0.4, 0.5) is 17.6 Å². The highest BCUT2D eigenvalue weighted by Gasteiger charge is 2.60. The zero-order valence-corrected chi connectivity index (χ0v) is 53.7. The van der Waals surface area contributed by atoms with Gasteiger partial charge in [0.2, 0.25) is 11.7 Å². The number of rotatable bonds is 12. The molecule has 8 rings (SSSR count). The molecule has 4 aromatic heterocycles. The number of hydrogen-bond acceptors (Lipinski definition) is 20. The van der Waals surface area contributed by atoms with E-state index in [-0.39, 0.29) is 27.6 Å². The molecule has 0 saturated carbocycles. The van der Waals surface area contributed by atoms with Crippen LogP contribution in [-0.4, -0.2) is 159 Å². The number of alkyl halides is 4. The van der Waals surface area contributed by atoms with Crippen molar-refractivity contribution in [3.63, 3.8) is 0 Å². The first-order valence-corrected chi connectivity index (χ1v) is 34.1. The van der Waals surface area contributed by atoms with Crippen LogP contribution in [0.25, 0.3) is 0 Å². The predicted molar refractivity (Wildman–Crippen MR) is 312 cm³/mol. The molecule has 8 heterocycles. The van der Waals surface area contributed by atoms with Crippen molar-refractivity contribution >= 4 is 41.1 Å². The molecular weight excluding hydrogens is 1220 g/mol. The molecule has 34 heteroatoms. The molecule has 0 amide bonds. The van der Waals surface area contributed by atoms with Crippen molar-refractivity contribution < 1.29 is 76.0 Å². The van der Waals surface area contributed by atoms with Gasteiger partial charge in [-0.15, -0.1) is 0 Å². The maximum absolute atomic E-state index is 15.3. The van der Waals surface area contributed by atoms with Crippen molar-refractivity contribution in [2.75, 3.05) is 13.2 Å². The first kappa shape index (κ1) is 72.0. The highest BCUT2D eigenvalue weighted by Crippen LogP contribution is 2.51. The lowest BCUT2D eigenvalue weighted by Crippen LogP contribution is -2.48. The summed E-state index contributed by atoms with van der Waals surface area (Å²) < 4.78 is 96.4. The van der Waals surface area contributed by atoms with E-state index in [1.54, 1.807) is 40.0 Å². The fourth-order valence-corrected chi connectivity index (χ4v) is 12.1. The Kier molecular flexibility index (Phi) is 22.4. The van der Waals surface area contributed by atoms with Crippen molar-refractivity contribution in [2.45, 2.75) is 203 Å². The summed E-state index contributed by atoms with van der Waals surface area (Å²) in [6.45, 7) is 25.7. The average molecular weight is 1300 g/mol. The van der Waals surface area contributed by atoms with E-state index in [2.05, 4.69) is 87.4 Å². The lowest BCUT2D eigenvalue weighted by molar-refractivity contribution is -0.207. The van der Waals surface area contributed by atoms with Gasteiger partial charge in [-0.25, -0.2) is 36.7 Å². The number of nitrogens with zero attached hydrogens (tertiary/aromatic N) is 4. The first-order valence-electron chi connectivity index (χ1n) is 27.4. The zero-order chi connectivity index (χ0) is 65.4. The Balaban J connectivity index is 0.000000212. The number of hydrogen-bond donors (Lipinski definition) is 10. The third-order valence-corrected chi connectivity index (χ3v) is 26.1. The smallest absolute Gasteiger partial charge is 0.330 e. The van der Waals surface area contributed by atoms with Crippen molar-refractivity contribution in [3.8, 4) is 0 Å². The minimum atomic E-state index is -2.86. The summed E-state index contributed by atoms with van der Waals surface area (Å²) in [7, 11) is -4.41. The number of aliphatic hydroxyl groups is 6. The lowest BCUT2D eigenvalue weighted by Gasteiger charge is -2.40. The third-order valence-electron chi connectivity index (χ3n) is 16.7. The van der Waals surface area contributed by atoms with Crippen LogP contribution in [0.15, 0.2) is 77.8 Å². The van der Waals surface area contributed by atoms with E-state index in [0.717, 1.165) is 16.8 Å². The molecule has 484 valence electrons. The summed E-state index contributed by atoms with van der Waals surface area (Å²) in [5.41, 5.74) is -3.88. The van der Waals surface area contributed by atoms with Crippen molar-refractivity contribution in [2.24, 2.45) is 11.8 Å². The second kappa shape index (κ2) is 26.7. The van der Waals surface area contributed by atoms with Crippen LogP contribution in [-0.2, 0) is 27.8 Å². The maximum Gasteiger partial charge on any atom is 0.330 e.